The molecule has 11 heteroatoms. The summed E-state index contributed by atoms with van der Waals surface area (Å²) in [6.07, 6.45) is -7.98. The van der Waals surface area contributed by atoms with Gasteiger partial charge in [-0.05, 0) is 0 Å². The molecule has 6 atom stereocenters. The number of hydrogen-bond acceptors (Lipinski definition) is 11. The fourth-order valence-electron chi connectivity index (χ4n) is 0.928. The topological polar surface area (TPSA) is 217 Å². The third-order valence-electron chi connectivity index (χ3n) is 2.24. The summed E-state index contributed by atoms with van der Waals surface area (Å²) in [4.78, 5) is 9.76. The largest absolute Gasteiger partial charge is 0.394 e. The third kappa shape index (κ3) is 9.38. The summed E-state index contributed by atoms with van der Waals surface area (Å²) >= 11 is 0. The first-order chi connectivity index (χ1) is 9.76. The highest BCUT2D eigenvalue weighted by Gasteiger charge is 2.23. The number of rotatable bonds is 8. The summed E-state index contributed by atoms with van der Waals surface area (Å²) in [5.41, 5.74) is 0. The second kappa shape index (κ2) is 12.6. The van der Waals surface area contributed by atoms with Crippen LogP contribution in [0.5, 0.6) is 0 Å². The van der Waals surface area contributed by atoms with Gasteiger partial charge in [0.05, 0.1) is 19.4 Å². The van der Waals surface area contributed by atoms with Crippen molar-refractivity contribution in [1.82, 2.24) is 0 Å². The van der Waals surface area contributed by atoms with Gasteiger partial charge in [0.1, 0.15) is 36.6 Å². The predicted octanol–water partition coefficient (Wildman–Crippen LogP) is -5.73. The summed E-state index contributed by atoms with van der Waals surface area (Å²) in [6, 6.07) is 0. The van der Waals surface area contributed by atoms with Crippen LogP contribution in [0.15, 0.2) is 5.10 Å². The van der Waals surface area contributed by atoms with Gasteiger partial charge < -0.3 is 51.5 Å². The fraction of sp³-hybridized carbons (Fsp3) is 0.800. The van der Waals surface area contributed by atoms with Crippen LogP contribution in [0.4, 0.5) is 0 Å². The summed E-state index contributed by atoms with van der Waals surface area (Å²) in [5.74, 6) is 4.66. The van der Waals surface area contributed by atoms with Gasteiger partial charge in [-0.2, -0.15) is 5.10 Å². The Bertz CT molecular complexity index is 292. The molecule has 0 saturated heterocycles. The second-order valence-electron chi connectivity index (χ2n) is 3.90. The van der Waals surface area contributed by atoms with Gasteiger partial charge in [-0.3, -0.25) is 0 Å². The number of nitrogens with zero attached hydrogens (tertiary/aromatic N) is 1. The average Bonchev–Trinajstić information content (AvgIpc) is 2.51. The predicted molar refractivity (Wildman–Crippen MR) is 69.0 cm³/mol. The first kappa shape index (κ1) is 22.1. The molecule has 10 N–H and O–H groups in total. The first-order valence-electron chi connectivity index (χ1n) is 5.75. The molecule has 126 valence electrons. The molecule has 0 rings (SSSR count). The average molecular weight is 314 g/mol. The van der Waals surface area contributed by atoms with Crippen LogP contribution in [0.1, 0.15) is 0 Å². The smallest absolute Gasteiger partial charge is 0.151 e. The van der Waals surface area contributed by atoms with Gasteiger partial charge in [0.15, 0.2) is 6.29 Å². The minimum Gasteiger partial charge on any atom is -0.394 e. The van der Waals surface area contributed by atoms with E-state index in [2.05, 4.69) is 10.9 Å². The van der Waals surface area contributed by atoms with Gasteiger partial charge in [0.25, 0.3) is 0 Å². The van der Waals surface area contributed by atoms with E-state index in [9.17, 15) is 4.79 Å². The van der Waals surface area contributed by atoms with Crippen molar-refractivity contribution in [3.63, 3.8) is 0 Å². The zero-order valence-corrected chi connectivity index (χ0v) is 11.0. The molecule has 0 amide bonds. The molecular weight excluding hydrogens is 292 g/mol. The Hall–Kier alpha value is -1.18. The lowest BCUT2D eigenvalue weighted by molar-refractivity contribution is -0.127. The Morgan fingerprint density at radius 2 is 1.24 bits per heavy atom. The van der Waals surface area contributed by atoms with Gasteiger partial charge in [-0.1, -0.05) is 0 Å². The molecule has 0 heterocycles. The number of carbonyl (C=O) groups excluding carboxylic acids is 1. The van der Waals surface area contributed by atoms with Crippen molar-refractivity contribution >= 4 is 12.5 Å². The number of hydrazone groups is 1. The van der Waals surface area contributed by atoms with Crippen molar-refractivity contribution in [3.8, 4) is 0 Å². The molecule has 0 fully saturated rings. The van der Waals surface area contributed by atoms with E-state index < -0.39 is 49.8 Å². The van der Waals surface area contributed by atoms with Gasteiger partial charge in [-0.25, -0.2) is 0 Å². The minimum atomic E-state index is -1.64. The fourth-order valence-corrected chi connectivity index (χ4v) is 0.928. The normalized spacial score (nSPS) is 19.8. The van der Waals surface area contributed by atoms with Crippen LogP contribution in [0.3, 0.4) is 0 Å². The number of aliphatic hydroxyl groups excluding tert-OH is 8. The molecule has 0 saturated carbocycles. The molecule has 11 nitrogen and oxygen atoms in total. The van der Waals surface area contributed by atoms with Crippen molar-refractivity contribution in [1.29, 1.82) is 0 Å². The molecule has 0 radical (unpaired) electrons. The molecule has 0 unspecified atom stereocenters. The molecule has 0 aromatic rings. The maximum atomic E-state index is 9.76. The number of carbonyl (C=O) groups is 1. The van der Waals surface area contributed by atoms with E-state index in [0.717, 1.165) is 6.21 Å². The molecule has 0 spiro atoms. The highest BCUT2D eigenvalue weighted by Crippen LogP contribution is 1.97. The van der Waals surface area contributed by atoms with E-state index in [1.165, 1.54) is 0 Å². The van der Waals surface area contributed by atoms with Crippen molar-refractivity contribution in [3.05, 3.63) is 0 Å². The molecule has 0 aromatic carbocycles. The third-order valence-corrected chi connectivity index (χ3v) is 2.24. The lowest BCUT2D eigenvalue weighted by Gasteiger charge is -2.17. The lowest BCUT2D eigenvalue weighted by atomic mass is 10.1. The van der Waals surface area contributed by atoms with E-state index in [-0.39, 0.29) is 6.29 Å². The maximum Gasteiger partial charge on any atom is 0.151 e. The van der Waals surface area contributed by atoms with Gasteiger partial charge in [0, 0.05) is 0 Å². The van der Waals surface area contributed by atoms with E-state index >= 15 is 0 Å². The Labute approximate surface area is 120 Å². The number of aldehydes is 1. The first-order valence-corrected chi connectivity index (χ1v) is 5.75. The van der Waals surface area contributed by atoms with Gasteiger partial charge >= 0.3 is 0 Å². The molecule has 0 aliphatic carbocycles. The molecule has 0 bridgehead atoms. The molecule has 21 heavy (non-hydrogen) atoms. The molecular formula is C10H22N2O9. The van der Waals surface area contributed by atoms with Crippen molar-refractivity contribution in [2.24, 2.45) is 10.9 Å². The summed E-state index contributed by atoms with van der Waals surface area (Å²) in [6.45, 7) is -1.32. The Balaban J connectivity index is 0. The quantitative estimate of drug-likeness (QED) is 0.0894. The monoisotopic (exact) mass is 314 g/mol. The van der Waals surface area contributed by atoms with Crippen molar-refractivity contribution in [2.75, 3.05) is 13.2 Å². The van der Waals surface area contributed by atoms with Crippen LogP contribution in [0.25, 0.3) is 0 Å². The number of aliphatic hydroxyl groups is 8. The van der Waals surface area contributed by atoms with E-state index in [4.69, 9.17) is 40.9 Å². The highest BCUT2D eigenvalue weighted by molar-refractivity contribution is 5.63. The van der Waals surface area contributed by atoms with Gasteiger partial charge in [0.2, 0.25) is 0 Å². The van der Waals surface area contributed by atoms with E-state index in [1.807, 2.05) is 0 Å². The minimum absolute atomic E-state index is 0.0869. The highest BCUT2D eigenvalue weighted by atomic mass is 16.4. The summed E-state index contributed by atoms with van der Waals surface area (Å²) in [7, 11) is 0. The Morgan fingerprint density at radius 1 is 0.857 bits per heavy atom. The summed E-state index contributed by atoms with van der Waals surface area (Å²) in [5, 5.41) is 71.9. The lowest BCUT2D eigenvalue weighted by Crippen LogP contribution is -2.40. The number of hydrogen-bond donors (Lipinski definition) is 9. The van der Waals surface area contributed by atoms with Crippen molar-refractivity contribution < 1.29 is 45.6 Å². The zero-order valence-electron chi connectivity index (χ0n) is 11.0. The van der Waals surface area contributed by atoms with Crippen LogP contribution < -0.4 is 5.84 Å². The number of nitrogens with two attached hydrogens (primary N) is 1. The molecule has 0 aliphatic heterocycles. The van der Waals surface area contributed by atoms with Crippen LogP contribution in [-0.4, -0.2) is 103 Å². The zero-order chi connectivity index (χ0) is 17.0. The standard InChI is InChI=1S/C5H12N2O4.C5H10O5/c6-7-1-3(9)5(11)4(10)2-8;6-1-3(8)5(10)4(9)2-7/h1,3-5,8-11H,2,6H2;1,3-5,7-10H,2H2/b7-1+;/t2*3-,4-,5-/m11/s1. The maximum absolute atomic E-state index is 9.76. The van der Waals surface area contributed by atoms with Crippen LogP contribution in [0, 0.1) is 0 Å². The van der Waals surface area contributed by atoms with Gasteiger partial charge in [-0.15, -0.1) is 0 Å². The Morgan fingerprint density at radius 3 is 1.52 bits per heavy atom. The van der Waals surface area contributed by atoms with Crippen molar-refractivity contribution in [2.45, 2.75) is 36.6 Å². The Kier molecular flexibility index (Phi) is 13.2. The van der Waals surface area contributed by atoms with Crippen LogP contribution in [-0.2, 0) is 4.79 Å². The van der Waals surface area contributed by atoms with Crippen LogP contribution >= 0.6 is 0 Å². The SMILES string of the molecule is N/N=C/[C@@H](O)[C@@H](O)[C@H](O)CO.O=C[C@@H](O)[C@@H](O)[C@H](O)CO. The van der Waals surface area contributed by atoms with Crippen LogP contribution in [0.2, 0.25) is 0 Å². The molecule has 0 aromatic heterocycles. The molecule has 0 aliphatic rings. The second-order valence-corrected chi connectivity index (χ2v) is 3.90. The van der Waals surface area contributed by atoms with E-state index in [0.29, 0.717) is 0 Å². The van der Waals surface area contributed by atoms with E-state index in [1.54, 1.807) is 0 Å². The summed E-state index contributed by atoms with van der Waals surface area (Å²) < 4.78 is 0.